The monoisotopic (exact) mass is 218 g/mol. The summed E-state index contributed by atoms with van der Waals surface area (Å²) in [5.41, 5.74) is 1.10. The Bertz CT molecular complexity index is 311. The van der Waals surface area contributed by atoms with Gasteiger partial charge in [-0.1, -0.05) is 50.3 Å². The van der Waals surface area contributed by atoms with Crippen LogP contribution in [0.5, 0.6) is 0 Å². The molecule has 0 saturated heterocycles. The average Bonchev–Trinajstić information content (AvgIpc) is 2.33. The van der Waals surface area contributed by atoms with Crippen molar-refractivity contribution in [1.29, 1.82) is 0 Å². The number of aliphatic hydroxyl groups is 1. The van der Waals surface area contributed by atoms with Gasteiger partial charge in [0.05, 0.1) is 6.10 Å². The zero-order valence-electron chi connectivity index (χ0n) is 10.3. The van der Waals surface area contributed by atoms with E-state index >= 15 is 0 Å². The summed E-state index contributed by atoms with van der Waals surface area (Å²) < 4.78 is 0. The molecular formula is C15H22O. The van der Waals surface area contributed by atoms with Gasteiger partial charge in [0.1, 0.15) is 0 Å². The Labute approximate surface area is 98.8 Å². The van der Waals surface area contributed by atoms with E-state index in [1.165, 1.54) is 5.56 Å². The van der Waals surface area contributed by atoms with Crippen LogP contribution < -0.4 is 0 Å². The number of hydrogen-bond donors (Lipinski definition) is 1. The van der Waals surface area contributed by atoms with Gasteiger partial charge in [-0.25, -0.2) is 0 Å². The summed E-state index contributed by atoms with van der Waals surface area (Å²) in [7, 11) is 0. The van der Waals surface area contributed by atoms with Crippen LogP contribution in [0, 0.1) is 0 Å². The third kappa shape index (κ3) is 2.35. The predicted molar refractivity (Wildman–Crippen MR) is 69.5 cm³/mol. The van der Waals surface area contributed by atoms with Gasteiger partial charge in [0.2, 0.25) is 0 Å². The highest BCUT2D eigenvalue weighted by Gasteiger charge is 2.35. The van der Waals surface area contributed by atoms with Crippen LogP contribution in [0.15, 0.2) is 43.0 Å². The van der Waals surface area contributed by atoms with Crippen molar-refractivity contribution in [3.8, 4) is 0 Å². The van der Waals surface area contributed by atoms with Crippen LogP contribution in [0.25, 0.3) is 0 Å². The quantitative estimate of drug-likeness (QED) is 0.722. The van der Waals surface area contributed by atoms with Gasteiger partial charge in [0, 0.05) is 5.41 Å². The van der Waals surface area contributed by atoms with Gasteiger partial charge in [0.15, 0.2) is 0 Å². The number of aliphatic hydroxyl groups excluding tert-OH is 1. The second kappa shape index (κ2) is 5.86. The van der Waals surface area contributed by atoms with Crippen LogP contribution in [0.1, 0.15) is 38.7 Å². The van der Waals surface area contributed by atoms with Crippen LogP contribution in [0.4, 0.5) is 0 Å². The van der Waals surface area contributed by atoms with Crippen LogP contribution in [-0.2, 0) is 5.41 Å². The van der Waals surface area contributed by atoms with Crippen molar-refractivity contribution >= 4 is 0 Å². The number of benzene rings is 1. The molecule has 0 saturated carbocycles. The maximum Gasteiger partial charge on any atom is 0.0670 e. The fourth-order valence-corrected chi connectivity index (χ4v) is 2.48. The van der Waals surface area contributed by atoms with Gasteiger partial charge in [-0.15, -0.1) is 6.58 Å². The van der Waals surface area contributed by atoms with Crippen molar-refractivity contribution in [3.63, 3.8) is 0 Å². The minimum atomic E-state index is -0.345. The lowest BCUT2D eigenvalue weighted by Crippen LogP contribution is -2.38. The molecule has 1 heteroatoms. The van der Waals surface area contributed by atoms with E-state index in [9.17, 15) is 5.11 Å². The van der Waals surface area contributed by atoms with Gasteiger partial charge in [0.25, 0.3) is 0 Å². The largest absolute Gasteiger partial charge is 0.392 e. The first kappa shape index (κ1) is 13.0. The molecule has 0 fully saturated rings. The lowest BCUT2D eigenvalue weighted by atomic mass is 9.70. The highest BCUT2D eigenvalue weighted by Crippen LogP contribution is 2.36. The number of hydrogen-bond acceptors (Lipinski definition) is 1. The summed E-state index contributed by atoms with van der Waals surface area (Å²) in [4.78, 5) is 0. The SMILES string of the molecule is C=CCC(O)C(CC)(CC)c1ccccc1. The van der Waals surface area contributed by atoms with Crippen molar-refractivity contribution in [3.05, 3.63) is 48.6 Å². The maximum absolute atomic E-state index is 10.3. The van der Waals surface area contributed by atoms with E-state index in [1.54, 1.807) is 6.08 Å². The lowest BCUT2D eigenvalue weighted by molar-refractivity contribution is 0.0757. The smallest absolute Gasteiger partial charge is 0.0670 e. The summed E-state index contributed by atoms with van der Waals surface area (Å²) in [5, 5.41) is 10.3. The molecule has 0 heterocycles. The van der Waals surface area contributed by atoms with Crippen molar-refractivity contribution in [1.82, 2.24) is 0 Å². The second-order valence-corrected chi connectivity index (χ2v) is 4.27. The first-order valence-electron chi connectivity index (χ1n) is 6.05. The first-order chi connectivity index (χ1) is 7.71. The highest BCUT2D eigenvalue weighted by molar-refractivity contribution is 5.27. The molecule has 1 aromatic carbocycles. The minimum Gasteiger partial charge on any atom is -0.392 e. The van der Waals surface area contributed by atoms with Crippen molar-refractivity contribution in [2.24, 2.45) is 0 Å². The summed E-state index contributed by atoms with van der Waals surface area (Å²) in [6, 6.07) is 10.3. The standard InChI is InChI=1S/C15H22O/c1-4-10-14(16)15(5-2,6-3)13-11-8-7-9-12-13/h4,7-9,11-12,14,16H,1,5-6,10H2,2-3H3. The molecule has 0 bridgehead atoms. The van der Waals surface area contributed by atoms with Crippen LogP contribution in [-0.4, -0.2) is 11.2 Å². The molecule has 0 amide bonds. The Hall–Kier alpha value is -1.08. The van der Waals surface area contributed by atoms with Crippen molar-refractivity contribution in [2.45, 2.75) is 44.6 Å². The van der Waals surface area contributed by atoms with Crippen LogP contribution in [0.2, 0.25) is 0 Å². The Balaban J connectivity index is 3.09. The summed E-state index contributed by atoms with van der Waals surface area (Å²) in [6.07, 6.45) is 4.00. The minimum absolute atomic E-state index is 0.130. The molecule has 1 aromatic rings. The summed E-state index contributed by atoms with van der Waals surface area (Å²) in [5.74, 6) is 0. The van der Waals surface area contributed by atoms with Gasteiger partial charge in [-0.2, -0.15) is 0 Å². The zero-order chi connectivity index (χ0) is 12.0. The number of rotatable bonds is 6. The molecule has 0 aliphatic rings. The molecule has 16 heavy (non-hydrogen) atoms. The Morgan fingerprint density at radius 2 is 1.81 bits per heavy atom. The van der Waals surface area contributed by atoms with E-state index in [0.717, 1.165) is 12.8 Å². The molecule has 1 unspecified atom stereocenters. The summed E-state index contributed by atoms with van der Waals surface area (Å²) in [6.45, 7) is 8.00. The van der Waals surface area contributed by atoms with E-state index in [0.29, 0.717) is 6.42 Å². The highest BCUT2D eigenvalue weighted by atomic mass is 16.3. The van der Waals surface area contributed by atoms with Gasteiger partial charge >= 0.3 is 0 Å². The second-order valence-electron chi connectivity index (χ2n) is 4.27. The molecule has 1 rings (SSSR count). The topological polar surface area (TPSA) is 20.2 Å². The third-order valence-electron chi connectivity index (χ3n) is 3.64. The van der Waals surface area contributed by atoms with E-state index in [2.05, 4.69) is 32.6 Å². The lowest BCUT2D eigenvalue weighted by Gasteiger charge is -2.37. The molecule has 0 radical (unpaired) electrons. The van der Waals surface area contributed by atoms with E-state index in [1.807, 2.05) is 18.2 Å². The van der Waals surface area contributed by atoms with Gasteiger partial charge in [-0.05, 0) is 24.8 Å². The molecule has 1 nitrogen and oxygen atoms in total. The zero-order valence-corrected chi connectivity index (χ0v) is 10.3. The molecule has 0 aliphatic carbocycles. The third-order valence-corrected chi connectivity index (χ3v) is 3.64. The van der Waals surface area contributed by atoms with Crippen molar-refractivity contribution < 1.29 is 5.11 Å². The molecule has 0 aliphatic heterocycles. The van der Waals surface area contributed by atoms with E-state index in [-0.39, 0.29) is 11.5 Å². The molecule has 88 valence electrons. The van der Waals surface area contributed by atoms with E-state index in [4.69, 9.17) is 0 Å². The van der Waals surface area contributed by atoms with Crippen molar-refractivity contribution in [2.75, 3.05) is 0 Å². The molecular weight excluding hydrogens is 196 g/mol. The Morgan fingerprint density at radius 1 is 1.25 bits per heavy atom. The van der Waals surface area contributed by atoms with Crippen LogP contribution >= 0.6 is 0 Å². The fraction of sp³-hybridized carbons (Fsp3) is 0.467. The summed E-state index contributed by atoms with van der Waals surface area (Å²) >= 11 is 0. The molecule has 1 N–H and O–H groups in total. The molecule has 0 aromatic heterocycles. The van der Waals surface area contributed by atoms with Gasteiger partial charge < -0.3 is 5.11 Å². The molecule has 1 atom stereocenters. The maximum atomic E-state index is 10.3. The Kier molecular flexibility index (Phi) is 4.75. The predicted octanol–water partition coefficient (Wildman–Crippen LogP) is 3.68. The fourth-order valence-electron chi connectivity index (χ4n) is 2.48. The average molecular weight is 218 g/mol. The van der Waals surface area contributed by atoms with Gasteiger partial charge in [-0.3, -0.25) is 0 Å². The van der Waals surface area contributed by atoms with Crippen LogP contribution in [0.3, 0.4) is 0 Å². The first-order valence-corrected chi connectivity index (χ1v) is 6.05. The van der Waals surface area contributed by atoms with E-state index < -0.39 is 0 Å². The molecule has 0 spiro atoms. The Morgan fingerprint density at radius 3 is 2.25 bits per heavy atom. The normalized spacial score (nSPS) is 13.4.